The first-order valence-electron chi connectivity index (χ1n) is 6.71. The summed E-state index contributed by atoms with van der Waals surface area (Å²) >= 11 is 0. The summed E-state index contributed by atoms with van der Waals surface area (Å²) in [5, 5.41) is 3.27. The SMILES string of the molecule is CCCCN(C(=O)C1CCNC1)C(C)CC. The Morgan fingerprint density at radius 2 is 2.25 bits per heavy atom. The van der Waals surface area contributed by atoms with Crippen molar-refractivity contribution in [3.8, 4) is 0 Å². The first kappa shape index (κ1) is 13.5. The van der Waals surface area contributed by atoms with E-state index in [1.165, 1.54) is 0 Å². The molecule has 3 nitrogen and oxygen atoms in total. The lowest BCUT2D eigenvalue weighted by atomic mass is 10.0. The molecule has 1 N–H and O–H groups in total. The predicted octanol–water partition coefficient (Wildman–Crippen LogP) is 2.02. The van der Waals surface area contributed by atoms with Gasteiger partial charge < -0.3 is 10.2 Å². The zero-order chi connectivity index (χ0) is 12.0. The number of hydrogen-bond donors (Lipinski definition) is 1. The monoisotopic (exact) mass is 226 g/mol. The van der Waals surface area contributed by atoms with Crippen molar-refractivity contribution < 1.29 is 4.79 Å². The lowest BCUT2D eigenvalue weighted by Crippen LogP contribution is -2.43. The Morgan fingerprint density at radius 3 is 2.75 bits per heavy atom. The van der Waals surface area contributed by atoms with Crippen LogP contribution in [-0.2, 0) is 4.79 Å². The van der Waals surface area contributed by atoms with Crippen molar-refractivity contribution in [2.24, 2.45) is 5.92 Å². The van der Waals surface area contributed by atoms with Crippen molar-refractivity contribution in [3.63, 3.8) is 0 Å². The van der Waals surface area contributed by atoms with Crippen LogP contribution >= 0.6 is 0 Å². The highest BCUT2D eigenvalue weighted by atomic mass is 16.2. The fourth-order valence-electron chi connectivity index (χ4n) is 2.20. The summed E-state index contributed by atoms with van der Waals surface area (Å²) in [6, 6.07) is 0.389. The molecular weight excluding hydrogens is 200 g/mol. The Balaban J connectivity index is 2.55. The summed E-state index contributed by atoms with van der Waals surface area (Å²) < 4.78 is 0. The molecule has 1 amide bonds. The first-order chi connectivity index (χ1) is 7.70. The molecule has 0 radical (unpaired) electrons. The number of rotatable bonds is 6. The Hall–Kier alpha value is -0.570. The largest absolute Gasteiger partial charge is 0.340 e. The molecule has 1 aliphatic heterocycles. The average Bonchev–Trinajstić information content (AvgIpc) is 2.82. The van der Waals surface area contributed by atoms with Crippen LogP contribution in [0.25, 0.3) is 0 Å². The van der Waals surface area contributed by atoms with E-state index >= 15 is 0 Å². The van der Waals surface area contributed by atoms with E-state index in [1.54, 1.807) is 0 Å². The fraction of sp³-hybridized carbons (Fsp3) is 0.923. The van der Waals surface area contributed by atoms with Gasteiger partial charge >= 0.3 is 0 Å². The second-order valence-electron chi connectivity index (χ2n) is 4.83. The van der Waals surface area contributed by atoms with E-state index in [0.717, 1.165) is 45.3 Å². The maximum atomic E-state index is 12.3. The maximum absolute atomic E-state index is 12.3. The van der Waals surface area contributed by atoms with Gasteiger partial charge in [0.1, 0.15) is 0 Å². The Kier molecular flexibility index (Phi) is 5.81. The molecule has 3 heteroatoms. The average molecular weight is 226 g/mol. The normalized spacial score (nSPS) is 22.1. The Labute approximate surface area is 99.6 Å². The van der Waals surface area contributed by atoms with Gasteiger partial charge in [-0.3, -0.25) is 4.79 Å². The van der Waals surface area contributed by atoms with Gasteiger partial charge in [0.15, 0.2) is 0 Å². The molecular formula is C13H26N2O. The van der Waals surface area contributed by atoms with Crippen molar-refractivity contribution in [3.05, 3.63) is 0 Å². The minimum Gasteiger partial charge on any atom is -0.340 e. The van der Waals surface area contributed by atoms with Gasteiger partial charge in [-0.15, -0.1) is 0 Å². The van der Waals surface area contributed by atoms with Crippen molar-refractivity contribution in [1.82, 2.24) is 10.2 Å². The fourth-order valence-corrected chi connectivity index (χ4v) is 2.20. The van der Waals surface area contributed by atoms with Gasteiger partial charge in [0.25, 0.3) is 0 Å². The third kappa shape index (κ3) is 3.48. The van der Waals surface area contributed by atoms with Crippen LogP contribution in [0, 0.1) is 5.92 Å². The van der Waals surface area contributed by atoms with Crippen molar-refractivity contribution in [1.29, 1.82) is 0 Å². The molecule has 0 aromatic rings. The summed E-state index contributed by atoms with van der Waals surface area (Å²) in [6.07, 6.45) is 4.34. The van der Waals surface area contributed by atoms with Gasteiger partial charge in [0.2, 0.25) is 5.91 Å². The number of carbonyl (C=O) groups excluding carboxylic acids is 1. The molecule has 0 aromatic heterocycles. The molecule has 0 spiro atoms. The molecule has 1 saturated heterocycles. The number of nitrogens with one attached hydrogen (secondary N) is 1. The lowest BCUT2D eigenvalue weighted by molar-refractivity contribution is -0.137. The maximum Gasteiger partial charge on any atom is 0.227 e. The van der Waals surface area contributed by atoms with Crippen molar-refractivity contribution >= 4 is 5.91 Å². The summed E-state index contributed by atoms with van der Waals surface area (Å²) in [7, 11) is 0. The van der Waals surface area contributed by atoms with Gasteiger partial charge in [0, 0.05) is 19.1 Å². The minimum absolute atomic E-state index is 0.228. The van der Waals surface area contributed by atoms with Gasteiger partial charge in [-0.1, -0.05) is 20.3 Å². The van der Waals surface area contributed by atoms with E-state index < -0.39 is 0 Å². The second-order valence-corrected chi connectivity index (χ2v) is 4.83. The molecule has 1 heterocycles. The topological polar surface area (TPSA) is 32.3 Å². The predicted molar refractivity (Wildman–Crippen MR) is 67.4 cm³/mol. The Bertz CT molecular complexity index is 212. The first-order valence-corrected chi connectivity index (χ1v) is 6.71. The van der Waals surface area contributed by atoms with Gasteiger partial charge in [-0.25, -0.2) is 0 Å². The van der Waals surface area contributed by atoms with Crippen LogP contribution in [0.5, 0.6) is 0 Å². The third-order valence-electron chi connectivity index (χ3n) is 3.57. The lowest BCUT2D eigenvalue weighted by Gasteiger charge is -2.30. The number of hydrogen-bond acceptors (Lipinski definition) is 2. The number of nitrogens with zero attached hydrogens (tertiary/aromatic N) is 1. The van der Waals surface area contributed by atoms with E-state index in [4.69, 9.17) is 0 Å². The van der Waals surface area contributed by atoms with Gasteiger partial charge in [0.05, 0.1) is 5.92 Å². The van der Waals surface area contributed by atoms with E-state index in [1.807, 2.05) is 0 Å². The van der Waals surface area contributed by atoms with E-state index in [-0.39, 0.29) is 5.92 Å². The molecule has 2 atom stereocenters. The molecule has 16 heavy (non-hydrogen) atoms. The summed E-state index contributed by atoms with van der Waals surface area (Å²) in [4.78, 5) is 14.4. The number of carbonyl (C=O) groups is 1. The van der Waals surface area contributed by atoms with Crippen LogP contribution in [0.3, 0.4) is 0 Å². The van der Waals surface area contributed by atoms with Crippen LogP contribution < -0.4 is 5.32 Å². The molecule has 0 bridgehead atoms. The van der Waals surface area contributed by atoms with Crippen LogP contribution in [0.4, 0.5) is 0 Å². The molecule has 1 rings (SSSR count). The molecule has 94 valence electrons. The Morgan fingerprint density at radius 1 is 1.50 bits per heavy atom. The highest BCUT2D eigenvalue weighted by molar-refractivity contribution is 5.79. The zero-order valence-electron chi connectivity index (χ0n) is 11.0. The van der Waals surface area contributed by atoms with Gasteiger partial charge in [-0.05, 0) is 32.7 Å². The molecule has 1 aliphatic rings. The highest BCUT2D eigenvalue weighted by Gasteiger charge is 2.28. The highest BCUT2D eigenvalue weighted by Crippen LogP contribution is 2.16. The standard InChI is InChI=1S/C13H26N2O/c1-4-6-9-15(11(3)5-2)13(16)12-7-8-14-10-12/h11-12,14H,4-10H2,1-3H3. The van der Waals surface area contributed by atoms with Crippen molar-refractivity contribution in [2.75, 3.05) is 19.6 Å². The van der Waals surface area contributed by atoms with Crippen LogP contribution in [-0.4, -0.2) is 36.5 Å². The van der Waals surface area contributed by atoms with E-state index in [2.05, 4.69) is 31.0 Å². The zero-order valence-corrected chi connectivity index (χ0v) is 11.0. The molecule has 0 saturated carbocycles. The summed E-state index contributed by atoms with van der Waals surface area (Å²) in [5.74, 6) is 0.596. The number of amides is 1. The molecule has 2 unspecified atom stereocenters. The number of unbranched alkanes of at least 4 members (excludes halogenated alkanes) is 1. The smallest absolute Gasteiger partial charge is 0.227 e. The third-order valence-corrected chi connectivity index (χ3v) is 3.57. The van der Waals surface area contributed by atoms with E-state index in [0.29, 0.717) is 11.9 Å². The molecule has 0 aromatic carbocycles. The second kappa shape index (κ2) is 6.89. The van der Waals surface area contributed by atoms with E-state index in [9.17, 15) is 4.79 Å². The van der Waals surface area contributed by atoms with Gasteiger partial charge in [-0.2, -0.15) is 0 Å². The quantitative estimate of drug-likeness (QED) is 0.751. The van der Waals surface area contributed by atoms with Crippen LogP contribution in [0.2, 0.25) is 0 Å². The summed E-state index contributed by atoms with van der Waals surface area (Å²) in [6.45, 7) is 9.30. The minimum atomic E-state index is 0.228. The van der Waals surface area contributed by atoms with Crippen LogP contribution in [0.15, 0.2) is 0 Å². The molecule has 0 aliphatic carbocycles. The van der Waals surface area contributed by atoms with Crippen molar-refractivity contribution in [2.45, 2.75) is 52.5 Å². The molecule has 1 fully saturated rings. The van der Waals surface area contributed by atoms with Crippen LogP contribution in [0.1, 0.15) is 46.5 Å². The summed E-state index contributed by atoms with van der Waals surface area (Å²) in [5.41, 5.74) is 0.